The summed E-state index contributed by atoms with van der Waals surface area (Å²) in [5.74, 6) is -0.745. The van der Waals surface area contributed by atoms with Crippen molar-refractivity contribution >= 4 is 40.0 Å². The molecule has 238 valence electrons. The Hall–Kier alpha value is -4.17. The van der Waals surface area contributed by atoms with Gasteiger partial charge in [-0.1, -0.05) is 17.7 Å². The highest BCUT2D eigenvalue weighted by Gasteiger charge is 2.40. The summed E-state index contributed by atoms with van der Waals surface area (Å²) in [6.45, 7) is 5.33. The first-order chi connectivity index (χ1) is 21.3. The fourth-order valence-corrected chi connectivity index (χ4v) is 6.44. The lowest BCUT2D eigenvalue weighted by Crippen LogP contribution is -2.31. The van der Waals surface area contributed by atoms with Crippen molar-refractivity contribution in [3.63, 3.8) is 0 Å². The van der Waals surface area contributed by atoms with Crippen LogP contribution in [0.1, 0.15) is 36.1 Å². The van der Waals surface area contributed by atoms with Gasteiger partial charge in [-0.25, -0.2) is 14.4 Å². The molecule has 1 saturated heterocycles. The van der Waals surface area contributed by atoms with Crippen LogP contribution in [0.5, 0.6) is 11.8 Å². The number of aryl methyl sites for hydroxylation is 1. The average molecular weight is 647 g/mol. The maximum Gasteiger partial charge on any atom is 0.418 e. The van der Waals surface area contributed by atoms with E-state index in [9.17, 15) is 13.2 Å². The van der Waals surface area contributed by atoms with Gasteiger partial charge in [0.15, 0.2) is 11.6 Å². The van der Waals surface area contributed by atoms with E-state index in [0.717, 1.165) is 25.6 Å². The third-order valence-electron chi connectivity index (χ3n) is 8.28. The Morgan fingerprint density at radius 2 is 1.98 bits per heavy atom. The zero-order chi connectivity index (χ0) is 32.2. The van der Waals surface area contributed by atoms with Gasteiger partial charge in [0, 0.05) is 24.2 Å². The van der Waals surface area contributed by atoms with Gasteiger partial charge in [-0.05, 0) is 51.6 Å². The van der Waals surface area contributed by atoms with E-state index < -0.39 is 39.9 Å². The number of nitrogen functional groups attached to an aromatic ring is 2. The topological polar surface area (TPSA) is 129 Å². The third-order valence-corrected chi connectivity index (χ3v) is 8.64. The van der Waals surface area contributed by atoms with Gasteiger partial charge < -0.3 is 30.7 Å². The highest BCUT2D eigenvalue weighted by molar-refractivity contribution is 6.36. The molecule has 0 spiro atoms. The van der Waals surface area contributed by atoms with E-state index in [1.807, 2.05) is 24.9 Å². The van der Waals surface area contributed by atoms with Crippen LogP contribution in [0, 0.1) is 18.7 Å². The van der Waals surface area contributed by atoms with E-state index in [0.29, 0.717) is 11.4 Å². The van der Waals surface area contributed by atoms with E-state index >= 15 is 4.39 Å². The Kier molecular flexibility index (Phi) is 7.98. The molecule has 15 heteroatoms. The van der Waals surface area contributed by atoms with Crippen LogP contribution in [-0.4, -0.2) is 64.7 Å². The molecule has 0 saturated carbocycles. The van der Waals surface area contributed by atoms with E-state index in [-0.39, 0.29) is 65.5 Å². The van der Waals surface area contributed by atoms with E-state index in [2.05, 4.69) is 19.9 Å². The zero-order valence-corrected chi connectivity index (χ0v) is 25.5. The summed E-state index contributed by atoms with van der Waals surface area (Å²) >= 11 is 6.75. The molecule has 0 bridgehead atoms. The molecule has 1 fully saturated rings. The molecule has 6 rings (SSSR count). The van der Waals surface area contributed by atoms with Crippen molar-refractivity contribution in [1.82, 2.24) is 24.8 Å². The number of pyridine rings is 2. The first kappa shape index (κ1) is 30.8. The minimum absolute atomic E-state index is 0.0286. The largest absolute Gasteiger partial charge is 0.489 e. The second kappa shape index (κ2) is 11.6. The maximum atomic E-state index is 16.8. The summed E-state index contributed by atoms with van der Waals surface area (Å²) in [6, 6.07) is 4.06. The van der Waals surface area contributed by atoms with Crippen LogP contribution in [0.15, 0.2) is 24.4 Å². The quantitative estimate of drug-likeness (QED) is 0.253. The number of anilines is 3. The molecule has 0 unspecified atom stereocenters. The second-order valence-corrected chi connectivity index (χ2v) is 11.8. The molecule has 45 heavy (non-hydrogen) atoms. The van der Waals surface area contributed by atoms with Crippen molar-refractivity contribution in [3.8, 4) is 23.0 Å². The lowest BCUT2D eigenvalue weighted by Gasteiger charge is -2.30. The number of ether oxygens (including phenoxy) is 2. The van der Waals surface area contributed by atoms with E-state index in [1.54, 1.807) is 12.3 Å². The van der Waals surface area contributed by atoms with Gasteiger partial charge in [-0.15, -0.1) is 0 Å². The SMILES string of the molecule is Cc1cc(N)nc(-c2c(Cl)c3c4c(nc(OC[C@@H]5CCN(C)C5)nc4c2F)N([C@H](C)c2cccnc2N)CCO3)c1C(F)(F)F. The highest BCUT2D eigenvalue weighted by atomic mass is 35.5. The summed E-state index contributed by atoms with van der Waals surface area (Å²) in [5, 5.41) is -0.332. The third kappa shape index (κ3) is 5.61. The van der Waals surface area contributed by atoms with Crippen LogP contribution in [0.4, 0.5) is 35.0 Å². The molecule has 0 radical (unpaired) electrons. The zero-order valence-electron chi connectivity index (χ0n) is 24.8. The van der Waals surface area contributed by atoms with Crippen LogP contribution < -0.4 is 25.8 Å². The first-order valence-electron chi connectivity index (χ1n) is 14.3. The van der Waals surface area contributed by atoms with Gasteiger partial charge >= 0.3 is 12.2 Å². The van der Waals surface area contributed by atoms with Gasteiger partial charge in [-0.2, -0.15) is 23.1 Å². The molecule has 0 amide bonds. The Balaban J connectivity index is 1.60. The maximum absolute atomic E-state index is 16.8. The molecule has 2 aliphatic rings. The molecule has 3 aromatic heterocycles. The van der Waals surface area contributed by atoms with Gasteiger partial charge in [0.05, 0.1) is 46.4 Å². The van der Waals surface area contributed by atoms with Crippen LogP contribution in [0.25, 0.3) is 22.2 Å². The molecule has 5 heterocycles. The fourth-order valence-electron chi connectivity index (χ4n) is 6.12. The van der Waals surface area contributed by atoms with Crippen molar-refractivity contribution in [2.75, 3.05) is 56.3 Å². The van der Waals surface area contributed by atoms with Crippen LogP contribution in [0.2, 0.25) is 5.02 Å². The lowest BCUT2D eigenvalue weighted by atomic mass is 9.98. The normalized spacial score (nSPS) is 17.8. The predicted octanol–water partition coefficient (Wildman–Crippen LogP) is 5.66. The Morgan fingerprint density at radius 1 is 1.20 bits per heavy atom. The van der Waals surface area contributed by atoms with Gasteiger partial charge in [-0.3, -0.25) is 0 Å². The number of alkyl halides is 3. The number of hydrogen-bond donors (Lipinski definition) is 2. The van der Waals surface area contributed by atoms with E-state index in [4.69, 9.17) is 37.5 Å². The predicted molar refractivity (Wildman–Crippen MR) is 163 cm³/mol. The molecule has 1 aromatic carbocycles. The second-order valence-electron chi connectivity index (χ2n) is 11.4. The number of aromatic nitrogens is 4. The molecule has 0 aliphatic carbocycles. The molecular formula is C30H31ClF4N8O2. The Labute approximate surface area is 261 Å². The highest BCUT2D eigenvalue weighted by Crippen LogP contribution is 2.50. The average Bonchev–Trinajstić information content (AvgIpc) is 3.29. The van der Waals surface area contributed by atoms with E-state index in [1.165, 1.54) is 6.92 Å². The number of nitrogens with two attached hydrogens (primary N) is 2. The smallest absolute Gasteiger partial charge is 0.418 e. The number of halogens is 5. The molecule has 4 N–H and O–H groups in total. The van der Waals surface area contributed by atoms with Crippen molar-refractivity contribution in [2.45, 2.75) is 32.5 Å². The fraction of sp³-hybridized carbons (Fsp3) is 0.400. The number of likely N-dealkylation sites (tertiary alicyclic amines) is 1. The summed E-state index contributed by atoms with van der Waals surface area (Å²) in [7, 11) is 2.01. The Morgan fingerprint density at radius 3 is 2.67 bits per heavy atom. The van der Waals surface area contributed by atoms with Crippen molar-refractivity contribution in [2.24, 2.45) is 5.92 Å². The van der Waals surface area contributed by atoms with Crippen LogP contribution in [0.3, 0.4) is 0 Å². The van der Waals surface area contributed by atoms with Crippen LogP contribution in [-0.2, 0) is 6.18 Å². The number of nitrogens with zero attached hydrogens (tertiary/aromatic N) is 6. The van der Waals surface area contributed by atoms with Crippen LogP contribution >= 0.6 is 11.6 Å². The number of benzene rings is 1. The van der Waals surface area contributed by atoms with Crippen molar-refractivity contribution in [1.29, 1.82) is 0 Å². The first-order valence-corrected chi connectivity index (χ1v) is 14.7. The van der Waals surface area contributed by atoms with Gasteiger partial charge in [0.1, 0.15) is 29.6 Å². The molecule has 4 aromatic rings. The van der Waals surface area contributed by atoms with Crippen molar-refractivity contribution in [3.05, 3.63) is 51.9 Å². The molecule has 2 aliphatic heterocycles. The minimum Gasteiger partial charge on any atom is -0.489 e. The van der Waals surface area contributed by atoms with Crippen molar-refractivity contribution < 1.29 is 27.0 Å². The number of rotatable bonds is 6. The lowest BCUT2D eigenvalue weighted by molar-refractivity contribution is -0.137. The Bertz CT molecular complexity index is 1790. The molecule has 10 nitrogen and oxygen atoms in total. The van der Waals surface area contributed by atoms with Gasteiger partial charge in [0.2, 0.25) is 0 Å². The summed E-state index contributed by atoms with van der Waals surface area (Å²) in [6.07, 6.45) is -2.43. The summed E-state index contributed by atoms with van der Waals surface area (Å²) in [4.78, 5) is 21.2. The summed E-state index contributed by atoms with van der Waals surface area (Å²) in [5.41, 5.74) is 9.60. The minimum atomic E-state index is -4.89. The molecular weight excluding hydrogens is 616 g/mol. The standard InChI is InChI=1S/C30H31ClF4N8O2/c1-14-11-18(36)39-24(21(14)30(33,34)35)19-22(31)26-20-25(23(19)32)40-29(45-13-16-6-8-42(3)12-16)41-28(20)43(9-10-44-26)15(2)17-5-4-7-38-27(17)37/h4-5,7,11,15-16H,6,8-10,12-13H2,1-3H3,(H2,36,39)(H2,37,38)/t15-,16-/m1/s1. The summed E-state index contributed by atoms with van der Waals surface area (Å²) < 4.78 is 71.9. The van der Waals surface area contributed by atoms with Gasteiger partial charge in [0.25, 0.3) is 0 Å². The molecule has 2 atom stereocenters. The number of hydrogen-bond acceptors (Lipinski definition) is 10. The monoisotopic (exact) mass is 646 g/mol.